The zero-order valence-corrected chi connectivity index (χ0v) is 16.5. The van der Waals surface area contributed by atoms with Crippen LogP contribution in [0.15, 0.2) is 30.5 Å². The number of Topliss-reactive ketones (excluding diaryl/α,β-unsaturated/α-hetero) is 1. The van der Waals surface area contributed by atoms with Gasteiger partial charge in [0.15, 0.2) is 5.78 Å². The van der Waals surface area contributed by atoms with E-state index in [1.54, 1.807) is 6.20 Å². The summed E-state index contributed by atoms with van der Waals surface area (Å²) in [5.41, 5.74) is 3.74. The van der Waals surface area contributed by atoms with E-state index in [9.17, 15) is 9.59 Å². The lowest BCUT2D eigenvalue weighted by molar-refractivity contribution is -0.119. The van der Waals surface area contributed by atoms with Crippen LogP contribution in [0.25, 0.3) is 0 Å². The number of nitrogens with one attached hydrogen (secondary N) is 1. The molecule has 27 heavy (non-hydrogen) atoms. The highest BCUT2D eigenvalue weighted by atomic mass is 16.2. The van der Waals surface area contributed by atoms with Crippen LogP contribution in [-0.4, -0.2) is 21.7 Å². The highest BCUT2D eigenvalue weighted by Crippen LogP contribution is 2.32. The van der Waals surface area contributed by atoms with Crippen LogP contribution in [0.1, 0.15) is 79.6 Å². The number of nitrogens with zero attached hydrogens (tertiary/aromatic N) is 2. The highest BCUT2D eigenvalue weighted by Gasteiger charge is 2.28. The van der Waals surface area contributed by atoms with Crippen LogP contribution in [0.2, 0.25) is 0 Å². The monoisotopic (exact) mass is 365 g/mol. The first-order chi connectivity index (χ1) is 12.9. The third-order valence-corrected chi connectivity index (χ3v) is 5.41. The Bertz CT molecular complexity index is 843. The standard InChI is InChI=1S/C22H27N3O2/c1-5-14(4)21(27)25-22-23-12-18-19(24-22)10-17(11-20(18)26)16-8-6-15(7-9-16)13(2)3/h6-9,12-14,17H,5,10-11H2,1-4H3,(H,23,24,25,27). The van der Waals surface area contributed by atoms with Crippen molar-refractivity contribution in [3.05, 3.63) is 52.8 Å². The Kier molecular flexibility index (Phi) is 5.68. The Morgan fingerprint density at radius 3 is 2.52 bits per heavy atom. The van der Waals surface area contributed by atoms with Gasteiger partial charge in [-0.2, -0.15) is 0 Å². The Morgan fingerprint density at radius 1 is 1.19 bits per heavy atom. The Morgan fingerprint density at radius 2 is 1.89 bits per heavy atom. The zero-order valence-electron chi connectivity index (χ0n) is 16.5. The molecule has 0 aliphatic heterocycles. The molecule has 0 spiro atoms. The normalized spacial score (nSPS) is 17.5. The van der Waals surface area contributed by atoms with E-state index in [1.165, 1.54) is 5.56 Å². The van der Waals surface area contributed by atoms with Gasteiger partial charge in [-0.1, -0.05) is 52.0 Å². The number of rotatable bonds is 5. The average molecular weight is 365 g/mol. The minimum absolute atomic E-state index is 0.0639. The van der Waals surface area contributed by atoms with E-state index >= 15 is 0 Å². The Labute approximate surface area is 160 Å². The maximum atomic E-state index is 12.6. The zero-order chi connectivity index (χ0) is 19.6. The maximum Gasteiger partial charge on any atom is 0.229 e. The number of ketones is 1. The first-order valence-electron chi connectivity index (χ1n) is 9.68. The van der Waals surface area contributed by atoms with Crippen LogP contribution in [0.3, 0.4) is 0 Å². The lowest BCUT2D eigenvalue weighted by atomic mass is 9.81. The largest absolute Gasteiger partial charge is 0.294 e. The molecule has 1 amide bonds. The fourth-order valence-corrected chi connectivity index (χ4v) is 3.31. The molecule has 2 aromatic rings. The molecule has 142 valence electrons. The van der Waals surface area contributed by atoms with Crippen LogP contribution < -0.4 is 5.32 Å². The average Bonchev–Trinajstić information content (AvgIpc) is 2.67. The van der Waals surface area contributed by atoms with E-state index in [0.717, 1.165) is 17.7 Å². The summed E-state index contributed by atoms with van der Waals surface area (Å²) >= 11 is 0. The predicted octanol–water partition coefficient (Wildman–Crippen LogP) is 4.50. The summed E-state index contributed by atoms with van der Waals surface area (Å²) in [5.74, 6) is 0.743. The number of amides is 1. The third-order valence-electron chi connectivity index (χ3n) is 5.41. The van der Waals surface area contributed by atoms with Crippen molar-refractivity contribution in [1.82, 2.24) is 9.97 Å². The minimum Gasteiger partial charge on any atom is -0.294 e. The van der Waals surface area contributed by atoms with Gasteiger partial charge >= 0.3 is 0 Å². The van der Waals surface area contributed by atoms with Crippen molar-refractivity contribution in [2.24, 2.45) is 5.92 Å². The molecule has 0 saturated carbocycles. The van der Waals surface area contributed by atoms with E-state index in [4.69, 9.17) is 0 Å². The van der Waals surface area contributed by atoms with Gasteiger partial charge in [-0.15, -0.1) is 0 Å². The number of aromatic nitrogens is 2. The molecule has 5 nitrogen and oxygen atoms in total. The SMILES string of the molecule is CCC(C)C(=O)Nc1ncc2c(n1)CC(c1ccc(C(C)C)cc1)CC2=O. The van der Waals surface area contributed by atoms with E-state index in [-0.39, 0.29) is 29.5 Å². The molecule has 5 heteroatoms. The second-order valence-electron chi connectivity index (χ2n) is 7.70. The van der Waals surface area contributed by atoms with Crippen LogP contribution in [0.5, 0.6) is 0 Å². The van der Waals surface area contributed by atoms with Gasteiger partial charge < -0.3 is 0 Å². The number of anilines is 1. The van der Waals surface area contributed by atoms with Gasteiger partial charge in [0.25, 0.3) is 0 Å². The maximum absolute atomic E-state index is 12.6. The second-order valence-corrected chi connectivity index (χ2v) is 7.70. The van der Waals surface area contributed by atoms with E-state index in [1.807, 2.05) is 13.8 Å². The third kappa shape index (κ3) is 4.24. The summed E-state index contributed by atoms with van der Waals surface area (Å²) in [6.07, 6.45) is 3.45. The van der Waals surface area contributed by atoms with Crippen molar-refractivity contribution in [3.8, 4) is 0 Å². The molecule has 0 saturated heterocycles. The summed E-state index contributed by atoms with van der Waals surface area (Å²) in [6, 6.07) is 8.51. The van der Waals surface area contributed by atoms with Gasteiger partial charge in [0.2, 0.25) is 11.9 Å². The van der Waals surface area contributed by atoms with Crippen LogP contribution >= 0.6 is 0 Å². The van der Waals surface area contributed by atoms with Crippen molar-refractivity contribution in [2.45, 2.75) is 58.8 Å². The molecular formula is C22H27N3O2. The van der Waals surface area contributed by atoms with Gasteiger partial charge in [0.05, 0.1) is 11.3 Å². The molecule has 0 fully saturated rings. The fraction of sp³-hybridized carbons (Fsp3) is 0.455. The number of benzene rings is 1. The van der Waals surface area contributed by atoms with Crippen molar-refractivity contribution in [2.75, 3.05) is 5.32 Å². The van der Waals surface area contributed by atoms with Crippen molar-refractivity contribution >= 4 is 17.6 Å². The summed E-state index contributed by atoms with van der Waals surface area (Å²) in [4.78, 5) is 33.3. The lowest BCUT2D eigenvalue weighted by Gasteiger charge is -2.23. The van der Waals surface area contributed by atoms with Gasteiger partial charge in [-0.3, -0.25) is 14.9 Å². The molecular weight excluding hydrogens is 338 g/mol. The fourth-order valence-electron chi connectivity index (χ4n) is 3.31. The van der Waals surface area contributed by atoms with Crippen molar-refractivity contribution in [1.29, 1.82) is 0 Å². The van der Waals surface area contributed by atoms with Crippen LogP contribution in [0.4, 0.5) is 5.95 Å². The first kappa shape index (κ1) is 19.2. The quantitative estimate of drug-likeness (QED) is 0.847. The van der Waals surface area contributed by atoms with Gasteiger partial charge in [-0.25, -0.2) is 9.97 Å². The topological polar surface area (TPSA) is 72.0 Å². The highest BCUT2D eigenvalue weighted by molar-refractivity contribution is 5.99. The molecule has 3 rings (SSSR count). The smallest absolute Gasteiger partial charge is 0.229 e. The molecule has 2 atom stereocenters. The Hall–Kier alpha value is -2.56. The van der Waals surface area contributed by atoms with Crippen molar-refractivity contribution in [3.63, 3.8) is 0 Å². The van der Waals surface area contributed by atoms with Crippen molar-refractivity contribution < 1.29 is 9.59 Å². The summed E-state index contributed by atoms with van der Waals surface area (Å²) in [7, 11) is 0. The number of carbonyl (C=O) groups is 2. The van der Waals surface area contributed by atoms with Gasteiger partial charge in [0.1, 0.15) is 0 Å². The van der Waals surface area contributed by atoms with E-state index in [0.29, 0.717) is 24.3 Å². The second kappa shape index (κ2) is 7.99. The Balaban J connectivity index is 1.81. The molecule has 1 N–H and O–H groups in total. The molecule has 1 aromatic carbocycles. The molecule has 2 unspecified atom stereocenters. The molecule has 0 bridgehead atoms. The van der Waals surface area contributed by atoms with Gasteiger partial charge in [0, 0.05) is 18.5 Å². The molecule has 1 aliphatic rings. The lowest BCUT2D eigenvalue weighted by Crippen LogP contribution is -2.24. The first-order valence-corrected chi connectivity index (χ1v) is 9.68. The number of hydrogen-bond acceptors (Lipinski definition) is 4. The number of carbonyl (C=O) groups excluding carboxylic acids is 2. The molecule has 1 aromatic heterocycles. The van der Waals surface area contributed by atoms with E-state index in [2.05, 4.69) is 53.4 Å². The summed E-state index contributed by atoms with van der Waals surface area (Å²) in [5, 5.41) is 2.76. The van der Waals surface area contributed by atoms with Gasteiger partial charge in [-0.05, 0) is 35.8 Å². The minimum atomic E-state index is -0.0986. The van der Waals surface area contributed by atoms with Crippen LogP contribution in [0, 0.1) is 5.92 Å². The predicted molar refractivity (Wildman–Crippen MR) is 106 cm³/mol. The van der Waals surface area contributed by atoms with E-state index < -0.39 is 0 Å². The molecule has 1 heterocycles. The number of fused-ring (bicyclic) bond motifs is 1. The summed E-state index contributed by atoms with van der Waals surface area (Å²) in [6.45, 7) is 8.17. The number of hydrogen-bond donors (Lipinski definition) is 1. The molecule has 0 radical (unpaired) electrons. The van der Waals surface area contributed by atoms with Crippen LogP contribution in [-0.2, 0) is 11.2 Å². The molecule has 1 aliphatic carbocycles. The summed E-state index contributed by atoms with van der Waals surface area (Å²) < 4.78 is 0.